The molecule has 1 aromatic heterocycles. The molecule has 1 aliphatic rings. The molecule has 3 rings (SSSR count). The number of carbonyl (C=O) groups is 3. The maximum absolute atomic E-state index is 12.4. The standard InChI is InChI=1S/C19H18N2O5S/c22-12-14(9-13-5-2-1-3-6-13)20-17(23)11-21-18(24)16(27-19(21)25)10-15-7-4-8-26-15/h1-8,10,14,22H,9,11-12H2,(H,20,23)/b16-10-/t14-/m1/s1. The molecule has 1 atom stereocenters. The number of rotatable bonds is 7. The Balaban J connectivity index is 1.59. The van der Waals surface area contributed by atoms with Crippen molar-refractivity contribution >= 4 is 34.9 Å². The van der Waals surface area contributed by atoms with Crippen LogP contribution in [0, 0.1) is 0 Å². The van der Waals surface area contributed by atoms with Crippen LogP contribution in [0.25, 0.3) is 6.08 Å². The second kappa shape index (κ2) is 8.70. The monoisotopic (exact) mass is 386 g/mol. The third-order valence-corrected chi connectivity index (χ3v) is 4.81. The first kappa shape index (κ1) is 18.9. The Hall–Kier alpha value is -2.84. The Morgan fingerprint density at radius 1 is 1.22 bits per heavy atom. The molecular weight excluding hydrogens is 368 g/mol. The number of aliphatic hydroxyl groups excluding tert-OH is 1. The highest BCUT2D eigenvalue weighted by Crippen LogP contribution is 2.31. The van der Waals surface area contributed by atoms with Crippen LogP contribution in [0.5, 0.6) is 0 Å². The number of nitrogens with one attached hydrogen (secondary N) is 1. The molecule has 8 heteroatoms. The van der Waals surface area contributed by atoms with Crippen molar-refractivity contribution in [2.75, 3.05) is 13.2 Å². The van der Waals surface area contributed by atoms with Crippen molar-refractivity contribution < 1.29 is 23.9 Å². The molecule has 1 saturated heterocycles. The average molecular weight is 386 g/mol. The quantitative estimate of drug-likeness (QED) is 0.707. The first-order valence-corrected chi connectivity index (χ1v) is 9.11. The van der Waals surface area contributed by atoms with Gasteiger partial charge in [-0.3, -0.25) is 19.3 Å². The molecule has 1 aromatic carbocycles. The van der Waals surface area contributed by atoms with E-state index < -0.39 is 29.6 Å². The summed E-state index contributed by atoms with van der Waals surface area (Å²) in [6, 6.07) is 12.2. The van der Waals surface area contributed by atoms with Gasteiger partial charge >= 0.3 is 0 Å². The molecule has 3 amide bonds. The highest BCUT2D eigenvalue weighted by Gasteiger charge is 2.36. The molecule has 1 fully saturated rings. The van der Waals surface area contributed by atoms with Crippen molar-refractivity contribution in [1.29, 1.82) is 0 Å². The predicted octanol–water partition coefficient (Wildman–Crippen LogP) is 2.04. The number of hydrogen-bond acceptors (Lipinski definition) is 6. The maximum Gasteiger partial charge on any atom is 0.294 e. The second-order valence-corrected chi connectivity index (χ2v) is 6.91. The smallest absolute Gasteiger partial charge is 0.294 e. The molecule has 0 aliphatic carbocycles. The van der Waals surface area contributed by atoms with Crippen LogP contribution < -0.4 is 5.32 Å². The zero-order valence-electron chi connectivity index (χ0n) is 14.3. The number of imide groups is 1. The number of amides is 3. The summed E-state index contributed by atoms with van der Waals surface area (Å²) in [5, 5.41) is 11.6. The zero-order valence-corrected chi connectivity index (χ0v) is 15.1. The molecule has 27 heavy (non-hydrogen) atoms. The van der Waals surface area contributed by atoms with Crippen molar-refractivity contribution in [2.45, 2.75) is 12.5 Å². The first-order chi connectivity index (χ1) is 13.1. The van der Waals surface area contributed by atoms with E-state index in [9.17, 15) is 19.5 Å². The lowest BCUT2D eigenvalue weighted by atomic mass is 10.1. The minimum Gasteiger partial charge on any atom is -0.465 e. The Labute approximate surface area is 160 Å². The van der Waals surface area contributed by atoms with Crippen LogP contribution in [0.1, 0.15) is 11.3 Å². The van der Waals surface area contributed by atoms with Gasteiger partial charge in [0.15, 0.2) is 0 Å². The van der Waals surface area contributed by atoms with Gasteiger partial charge in [-0.15, -0.1) is 0 Å². The van der Waals surface area contributed by atoms with E-state index in [-0.39, 0.29) is 11.5 Å². The molecule has 0 radical (unpaired) electrons. The molecule has 140 valence electrons. The third kappa shape index (κ3) is 4.87. The number of hydrogen-bond donors (Lipinski definition) is 2. The van der Waals surface area contributed by atoms with E-state index in [1.807, 2.05) is 30.3 Å². The Morgan fingerprint density at radius 3 is 2.67 bits per heavy atom. The van der Waals surface area contributed by atoms with Crippen molar-refractivity contribution in [3.63, 3.8) is 0 Å². The van der Waals surface area contributed by atoms with Crippen molar-refractivity contribution in [1.82, 2.24) is 10.2 Å². The minimum absolute atomic E-state index is 0.200. The van der Waals surface area contributed by atoms with E-state index in [1.54, 1.807) is 12.1 Å². The Morgan fingerprint density at radius 2 is 2.00 bits per heavy atom. The fourth-order valence-electron chi connectivity index (χ4n) is 2.62. The van der Waals surface area contributed by atoms with Gasteiger partial charge in [0.1, 0.15) is 12.3 Å². The largest absolute Gasteiger partial charge is 0.465 e. The predicted molar refractivity (Wildman–Crippen MR) is 101 cm³/mol. The van der Waals surface area contributed by atoms with E-state index in [1.165, 1.54) is 12.3 Å². The lowest BCUT2D eigenvalue weighted by Crippen LogP contribution is -2.45. The van der Waals surface area contributed by atoms with Crippen LogP contribution in [0.3, 0.4) is 0 Å². The summed E-state index contributed by atoms with van der Waals surface area (Å²) in [7, 11) is 0. The summed E-state index contributed by atoms with van der Waals surface area (Å²) in [6.45, 7) is -0.646. The van der Waals surface area contributed by atoms with Gasteiger partial charge in [-0.1, -0.05) is 30.3 Å². The molecule has 0 spiro atoms. The highest BCUT2D eigenvalue weighted by atomic mass is 32.2. The molecular formula is C19H18N2O5S. The molecule has 2 N–H and O–H groups in total. The molecule has 2 aromatic rings. The molecule has 0 saturated carbocycles. The van der Waals surface area contributed by atoms with Crippen molar-refractivity contribution in [3.8, 4) is 0 Å². The Bertz CT molecular complexity index is 848. The van der Waals surface area contributed by atoms with Crippen LogP contribution in [0.15, 0.2) is 58.1 Å². The summed E-state index contributed by atoms with van der Waals surface area (Å²) in [6.07, 6.45) is 3.38. The first-order valence-electron chi connectivity index (χ1n) is 8.30. The van der Waals surface area contributed by atoms with E-state index in [0.29, 0.717) is 12.2 Å². The molecule has 1 aliphatic heterocycles. The second-order valence-electron chi connectivity index (χ2n) is 5.92. The van der Waals surface area contributed by atoms with Crippen LogP contribution in [0.2, 0.25) is 0 Å². The minimum atomic E-state index is -0.542. The summed E-state index contributed by atoms with van der Waals surface area (Å²) in [5.74, 6) is -0.597. The zero-order chi connectivity index (χ0) is 19.2. The number of aliphatic hydroxyl groups is 1. The van der Waals surface area contributed by atoms with Crippen LogP contribution in [-0.2, 0) is 16.0 Å². The van der Waals surface area contributed by atoms with E-state index in [4.69, 9.17) is 4.42 Å². The van der Waals surface area contributed by atoms with Gasteiger partial charge in [0.25, 0.3) is 11.1 Å². The molecule has 2 heterocycles. The average Bonchev–Trinajstić information content (AvgIpc) is 3.26. The maximum atomic E-state index is 12.4. The summed E-state index contributed by atoms with van der Waals surface area (Å²) < 4.78 is 5.14. The van der Waals surface area contributed by atoms with Gasteiger partial charge in [-0.2, -0.15) is 0 Å². The fraction of sp³-hybridized carbons (Fsp3) is 0.211. The molecule has 0 unspecified atom stereocenters. The van der Waals surface area contributed by atoms with Crippen molar-refractivity contribution in [3.05, 3.63) is 65.0 Å². The lowest BCUT2D eigenvalue weighted by Gasteiger charge is -2.18. The fourth-order valence-corrected chi connectivity index (χ4v) is 3.43. The number of carbonyl (C=O) groups excluding carboxylic acids is 3. The number of thioether (sulfide) groups is 1. The Kier molecular flexibility index (Phi) is 6.10. The number of benzene rings is 1. The van der Waals surface area contributed by atoms with Crippen LogP contribution in [0.4, 0.5) is 4.79 Å². The van der Waals surface area contributed by atoms with Gasteiger partial charge in [-0.05, 0) is 35.9 Å². The molecule has 0 bridgehead atoms. The van der Waals surface area contributed by atoms with E-state index in [2.05, 4.69) is 5.32 Å². The van der Waals surface area contributed by atoms with Crippen molar-refractivity contribution in [2.24, 2.45) is 0 Å². The summed E-state index contributed by atoms with van der Waals surface area (Å²) in [5.41, 5.74) is 0.962. The van der Waals surface area contributed by atoms with Gasteiger partial charge in [0, 0.05) is 6.08 Å². The SMILES string of the molecule is O=C(CN1C(=O)S/C(=C\c2ccco2)C1=O)N[C@@H](CO)Cc1ccccc1. The van der Waals surface area contributed by atoms with E-state index >= 15 is 0 Å². The van der Waals surface area contributed by atoms with Crippen LogP contribution in [-0.4, -0.2) is 46.3 Å². The lowest BCUT2D eigenvalue weighted by molar-refractivity contribution is -0.129. The highest BCUT2D eigenvalue weighted by molar-refractivity contribution is 8.18. The van der Waals surface area contributed by atoms with Gasteiger partial charge in [0.05, 0.1) is 23.8 Å². The normalized spacial score (nSPS) is 16.8. The topological polar surface area (TPSA) is 99.9 Å². The van der Waals surface area contributed by atoms with Crippen LogP contribution >= 0.6 is 11.8 Å². The van der Waals surface area contributed by atoms with Gasteiger partial charge < -0.3 is 14.8 Å². The summed E-state index contributed by atoms with van der Waals surface area (Å²) >= 11 is 0.758. The van der Waals surface area contributed by atoms with E-state index in [0.717, 1.165) is 22.2 Å². The molecule has 7 nitrogen and oxygen atoms in total. The number of furan rings is 1. The van der Waals surface area contributed by atoms with Gasteiger partial charge in [-0.25, -0.2) is 0 Å². The third-order valence-electron chi connectivity index (χ3n) is 3.90. The van der Waals surface area contributed by atoms with Gasteiger partial charge in [0.2, 0.25) is 5.91 Å². The summed E-state index contributed by atoms with van der Waals surface area (Å²) in [4.78, 5) is 37.8. The number of nitrogens with zero attached hydrogens (tertiary/aromatic N) is 1.